The number of rotatable bonds is 9. The second kappa shape index (κ2) is 9.61. The Balaban J connectivity index is 1.84. The van der Waals surface area contributed by atoms with E-state index in [9.17, 15) is 8.42 Å². The summed E-state index contributed by atoms with van der Waals surface area (Å²) in [6.07, 6.45) is 1.79. The van der Waals surface area contributed by atoms with Gasteiger partial charge in [-0.2, -0.15) is 4.31 Å². The molecule has 0 saturated carbocycles. The molecular formula is C22H30N2O4S. The van der Waals surface area contributed by atoms with Crippen molar-refractivity contribution < 1.29 is 17.9 Å². The smallest absolute Gasteiger partial charge is 0.243 e. The molecule has 0 aliphatic carbocycles. The summed E-state index contributed by atoms with van der Waals surface area (Å²) >= 11 is 0. The third-order valence-corrected chi connectivity index (χ3v) is 6.84. The van der Waals surface area contributed by atoms with E-state index in [0.29, 0.717) is 32.1 Å². The van der Waals surface area contributed by atoms with Crippen molar-refractivity contribution in [3.8, 4) is 5.75 Å². The molecule has 7 heteroatoms. The minimum atomic E-state index is -3.66. The van der Waals surface area contributed by atoms with Crippen LogP contribution in [0.15, 0.2) is 53.4 Å². The van der Waals surface area contributed by atoms with Gasteiger partial charge in [-0.25, -0.2) is 8.42 Å². The van der Waals surface area contributed by atoms with Crippen molar-refractivity contribution in [2.45, 2.75) is 37.3 Å². The molecule has 0 spiro atoms. The first-order chi connectivity index (χ1) is 13.9. The van der Waals surface area contributed by atoms with Gasteiger partial charge in [-0.05, 0) is 61.7 Å². The van der Waals surface area contributed by atoms with Gasteiger partial charge in [0.25, 0.3) is 0 Å². The third-order valence-electron chi connectivity index (χ3n) is 5.02. The van der Waals surface area contributed by atoms with E-state index in [0.717, 1.165) is 24.1 Å². The van der Waals surface area contributed by atoms with E-state index < -0.39 is 10.0 Å². The van der Waals surface area contributed by atoms with Crippen molar-refractivity contribution >= 4 is 15.7 Å². The highest BCUT2D eigenvalue weighted by Crippen LogP contribution is 2.24. The molecule has 2 aromatic rings. The Hall–Kier alpha value is -2.09. The minimum Gasteiger partial charge on any atom is -0.494 e. The maximum atomic E-state index is 13.4. The van der Waals surface area contributed by atoms with E-state index >= 15 is 0 Å². The average Bonchev–Trinajstić information content (AvgIpc) is 3.22. The lowest BCUT2D eigenvalue weighted by atomic mass is 10.2. The van der Waals surface area contributed by atoms with Crippen LogP contribution in [-0.2, 0) is 21.3 Å². The van der Waals surface area contributed by atoms with Gasteiger partial charge in [-0.3, -0.25) is 0 Å². The van der Waals surface area contributed by atoms with Crippen LogP contribution in [0.3, 0.4) is 0 Å². The highest BCUT2D eigenvalue weighted by molar-refractivity contribution is 7.89. The number of ether oxygens (including phenoxy) is 2. The van der Waals surface area contributed by atoms with Crippen LogP contribution in [0.5, 0.6) is 5.75 Å². The van der Waals surface area contributed by atoms with Crippen molar-refractivity contribution in [1.82, 2.24) is 4.31 Å². The molecule has 6 nitrogen and oxygen atoms in total. The van der Waals surface area contributed by atoms with Crippen LogP contribution < -0.4 is 9.64 Å². The summed E-state index contributed by atoms with van der Waals surface area (Å²) in [4.78, 5) is 2.29. The van der Waals surface area contributed by atoms with Crippen LogP contribution in [-0.4, -0.2) is 52.7 Å². The van der Waals surface area contributed by atoms with E-state index in [2.05, 4.69) is 0 Å². The molecule has 0 radical (unpaired) electrons. The summed E-state index contributed by atoms with van der Waals surface area (Å²) in [7, 11) is 0.305. The van der Waals surface area contributed by atoms with E-state index in [1.54, 1.807) is 24.3 Å². The molecule has 1 aliphatic heterocycles. The fraction of sp³-hybridized carbons (Fsp3) is 0.455. The predicted octanol–water partition coefficient (Wildman–Crippen LogP) is 3.52. The normalized spacial score (nSPS) is 16.9. The second-order valence-electron chi connectivity index (χ2n) is 7.40. The Kier molecular flexibility index (Phi) is 7.16. The first kappa shape index (κ1) is 21.6. The lowest BCUT2D eigenvalue weighted by molar-refractivity contribution is 0.0926. The van der Waals surface area contributed by atoms with Crippen LogP contribution in [0.4, 0.5) is 5.69 Å². The number of sulfonamides is 1. The number of hydrogen-bond donors (Lipinski definition) is 0. The highest BCUT2D eigenvalue weighted by atomic mass is 32.2. The van der Waals surface area contributed by atoms with Gasteiger partial charge in [0, 0.05) is 39.5 Å². The summed E-state index contributed by atoms with van der Waals surface area (Å²) in [5.41, 5.74) is 2.02. The van der Waals surface area contributed by atoms with Crippen LogP contribution in [0.2, 0.25) is 0 Å². The van der Waals surface area contributed by atoms with Crippen LogP contribution in [0.25, 0.3) is 0 Å². The molecule has 0 N–H and O–H groups in total. The molecule has 0 aromatic heterocycles. The predicted molar refractivity (Wildman–Crippen MR) is 115 cm³/mol. The number of anilines is 1. The first-order valence-corrected chi connectivity index (χ1v) is 11.4. The van der Waals surface area contributed by atoms with E-state index in [1.165, 1.54) is 4.31 Å². The molecule has 1 atom stereocenters. The van der Waals surface area contributed by atoms with Gasteiger partial charge in [0.2, 0.25) is 10.0 Å². The van der Waals surface area contributed by atoms with Gasteiger partial charge in [0.15, 0.2) is 0 Å². The van der Waals surface area contributed by atoms with Gasteiger partial charge in [-0.1, -0.05) is 12.1 Å². The Labute approximate surface area is 174 Å². The number of benzene rings is 2. The van der Waals surface area contributed by atoms with Gasteiger partial charge in [0.1, 0.15) is 5.75 Å². The fourth-order valence-corrected chi connectivity index (χ4v) is 4.85. The maximum absolute atomic E-state index is 13.4. The summed E-state index contributed by atoms with van der Waals surface area (Å²) in [5, 5.41) is 0. The van der Waals surface area contributed by atoms with E-state index in [-0.39, 0.29) is 11.0 Å². The summed E-state index contributed by atoms with van der Waals surface area (Å²) in [6, 6.07) is 14.6. The first-order valence-electron chi connectivity index (χ1n) is 10.0. The molecule has 1 fully saturated rings. The molecule has 0 bridgehead atoms. The van der Waals surface area contributed by atoms with Crippen molar-refractivity contribution in [2.75, 3.05) is 38.8 Å². The molecule has 29 heavy (non-hydrogen) atoms. The van der Waals surface area contributed by atoms with E-state index in [4.69, 9.17) is 9.47 Å². The van der Waals surface area contributed by atoms with Crippen LogP contribution >= 0.6 is 0 Å². The Morgan fingerprint density at radius 3 is 2.31 bits per heavy atom. The standard InChI is InChI=1S/C22H30N2O4S/c1-4-27-20-11-13-22(14-12-20)29(25,26)24(17-21-6-5-15-28-21)16-18-7-9-19(10-8-18)23(2)3/h7-14,21H,4-6,15-17H2,1-3H3/t21-/m1/s1. The molecule has 158 valence electrons. The SMILES string of the molecule is CCOc1ccc(S(=O)(=O)N(Cc2ccc(N(C)C)cc2)C[C@H]2CCCO2)cc1. The number of hydrogen-bond acceptors (Lipinski definition) is 5. The summed E-state index contributed by atoms with van der Waals surface area (Å²) in [5.74, 6) is 0.663. The van der Waals surface area contributed by atoms with Crippen molar-refractivity contribution in [3.63, 3.8) is 0 Å². The zero-order valence-electron chi connectivity index (χ0n) is 17.4. The summed E-state index contributed by atoms with van der Waals surface area (Å²) < 4.78 is 39.5. The van der Waals surface area contributed by atoms with Gasteiger partial charge in [-0.15, -0.1) is 0 Å². The Morgan fingerprint density at radius 1 is 1.07 bits per heavy atom. The molecular weight excluding hydrogens is 388 g/mol. The molecule has 1 aliphatic rings. The monoisotopic (exact) mass is 418 g/mol. The zero-order chi connectivity index (χ0) is 20.9. The van der Waals surface area contributed by atoms with Crippen LogP contribution in [0, 0.1) is 0 Å². The van der Waals surface area contributed by atoms with Crippen molar-refractivity contribution in [1.29, 1.82) is 0 Å². The molecule has 1 saturated heterocycles. The molecule has 1 heterocycles. The fourth-order valence-electron chi connectivity index (χ4n) is 3.39. The zero-order valence-corrected chi connectivity index (χ0v) is 18.2. The second-order valence-corrected chi connectivity index (χ2v) is 9.34. The molecule has 2 aromatic carbocycles. The quantitative estimate of drug-likeness (QED) is 0.624. The molecule has 0 unspecified atom stereocenters. The van der Waals surface area contributed by atoms with Crippen LogP contribution in [0.1, 0.15) is 25.3 Å². The number of nitrogens with zero attached hydrogens (tertiary/aromatic N) is 2. The summed E-state index contributed by atoms with van der Waals surface area (Å²) in [6.45, 7) is 3.79. The van der Waals surface area contributed by atoms with Crippen molar-refractivity contribution in [3.05, 3.63) is 54.1 Å². The Bertz CT molecular complexity index is 874. The minimum absolute atomic E-state index is 0.0616. The van der Waals surface area contributed by atoms with Gasteiger partial charge in [0.05, 0.1) is 17.6 Å². The van der Waals surface area contributed by atoms with Crippen molar-refractivity contribution in [2.24, 2.45) is 0 Å². The highest BCUT2D eigenvalue weighted by Gasteiger charge is 2.29. The van der Waals surface area contributed by atoms with E-state index in [1.807, 2.05) is 50.2 Å². The lowest BCUT2D eigenvalue weighted by Crippen LogP contribution is -2.37. The van der Waals surface area contributed by atoms with Gasteiger partial charge >= 0.3 is 0 Å². The largest absolute Gasteiger partial charge is 0.494 e. The maximum Gasteiger partial charge on any atom is 0.243 e. The molecule has 0 amide bonds. The third kappa shape index (κ3) is 5.50. The molecule has 3 rings (SSSR count). The average molecular weight is 419 g/mol. The lowest BCUT2D eigenvalue weighted by Gasteiger charge is -2.25. The topological polar surface area (TPSA) is 59.1 Å². The Morgan fingerprint density at radius 2 is 1.76 bits per heavy atom. The van der Waals surface area contributed by atoms with Gasteiger partial charge < -0.3 is 14.4 Å².